The van der Waals surface area contributed by atoms with Gasteiger partial charge < -0.3 is 9.84 Å². The Balaban J connectivity index is 2.83. The monoisotopic (exact) mass is 196 g/mol. The molecule has 0 aliphatic heterocycles. The summed E-state index contributed by atoms with van der Waals surface area (Å²) in [7, 11) is 1.28. The molecule has 0 aromatic heterocycles. The predicted octanol–water partition coefficient (Wildman–Crippen LogP) is 2.42. The lowest BCUT2D eigenvalue weighted by atomic mass is 10.00. The van der Waals surface area contributed by atoms with E-state index in [4.69, 9.17) is 4.74 Å². The minimum Gasteiger partial charge on any atom is -0.510 e. The first-order chi connectivity index (χ1) is 5.79. The van der Waals surface area contributed by atoms with Crippen LogP contribution >= 0.6 is 0 Å². The van der Waals surface area contributed by atoms with Crippen molar-refractivity contribution in [1.29, 1.82) is 0 Å². The van der Waals surface area contributed by atoms with Crippen LogP contribution in [-0.4, -0.2) is 24.0 Å². The largest absolute Gasteiger partial charge is 0.510 e. The van der Waals surface area contributed by atoms with Crippen LogP contribution in [0.4, 0.5) is 13.2 Å². The van der Waals surface area contributed by atoms with Crippen LogP contribution in [0.5, 0.6) is 0 Å². The fourth-order valence-electron chi connectivity index (χ4n) is 1.35. The van der Waals surface area contributed by atoms with Crippen LogP contribution in [0.15, 0.2) is 11.8 Å². The second-order valence-electron chi connectivity index (χ2n) is 3.34. The average molecular weight is 196 g/mol. The SMILES string of the molecule is COC1(C)CC(C(F)(F)F)C=C1O. The molecule has 13 heavy (non-hydrogen) atoms. The van der Waals surface area contributed by atoms with Crippen LogP contribution in [-0.2, 0) is 4.74 Å². The lowest BCUT2D eigenvalue weighted by Crippen LogP contribution is -2.30. The normalized spacial score (nSPS) is 34.8. The van der Waals surface area contributed by atoms with Crippen molar-refractivity contribution < 1.29 is 23.0 Å². The minimum atomic E-state index is -4.30. The molecule has 0 aromatic rings. The summed E-state index contributed by atoms with van der Waals surface area (Å²) in [4.78, 5) is 0. The highest BCUT2D eigenvalue weighted by atomic mass is 19.4. The molecule has 0 saturated carbocycles. The molecule has 2 nitrogen and oxygen atoms in total. The van der Waals surface area contributed by atoms with Gasteiger partial charge in [0.15, 0.2) is 0 Å². The Kier molecular flexibility index (Phi) is 2.32. The van der Waals surface area contributed by atoms with E-state index in [1.807, 2.05) is 0 Å². The summed E-state index contributed by atoms with van der Waals surface area (Å²) in [5, 5.41) is 9.22. The van der Waals surface area contributed by atoms with Gasteiger partial charge in [-0.3, -0.25) is 0 Å². The van der Waals surface area contributed by atoms with E-state index >= 15 is 0 Å². The number of rotatable bonds is 1. The van der Waals surface area contributed by atoms with E-state index in [1.165, 1.54) is 14.0 Å². The molecule has 1 N–H and O–H groups in total. The predicted molar refractivity (Wildman–Crippen MR) is 40.3 cm³/mol. The second-order valence-corrected chi connectivity index (χ2v) is 3.34. The maximum Gasteiger partial charge on any atom is 0.395 e. The molecule has 0 amide bonds. The summed E-state index contributed by atoms with van der Waals surface area (Å²) in [6, 6.07) is 0. The van der Waals surface area contributed by atoms with Crippen LogP contribution < -0.4 is 0 Å². The maximum atomic E-state index is 12.2. The molecule has 5 heteroatoms. The van der Waals surface area contributed by atoms with Gasteiger partial charge in [0.05, 0.1) is 5.92 Å². The number of allylic oxidation sites excluding steroid dienone is 1. The first-order valence-corrected chi connectivity index (χ1v) is 3.83. The molecule has 0 spiro atoms. The van der Waals surface area contributed by atoms with Crippen LogP contribution in [0.3, 0.4) is 0 Å². The fourth-order valence-corrected chi connectivity index (χ4v) is 1.35. The van der Waals surface area contributed by atoms with Gasteiger partial charge in [0.25, 0.3) is 0 Å². The Hall–Kier alpha value is -0.710. The van der Waals surface area contributed by atoms with Gasteiger partial charge in [-0.05, 0) is 19.4 Å². The number of halogens is 3. The van der Waals surface area contributed by atoms with Gasteiger partial charge in [-0.2, -0.15) is 13.2 Å². The second kappa shape index (κ2) is 2.90. The van der Waals surface area contributed by atoms with Gasteiger partial charge in [-0.15, -0.1) is 0 Å². The molecule has 2 unspecified atom stereocenters. The molecule has 0 aromatic carbocycles. The van der Waals surface area contributed by atoms with Gasteiger partial charge >= 0.3 is 6.18 Å². The third-order valence-electron chi connectivity index (χ3n) is 2.38. The molecule has 2 atom stereocenters. The number of alkyl halides is 3. The lowest BCUT2D eigenvalue weighted by Gasteiger charge is -2.24. The number of hydrogen-bond acceptors (Lipinski definition) is 2. The van der Waals surface area contributed by atoms with E-state index in [-0.39, 0.29) is 12.2 Å². The van der Waals surface area contributed by atoms with Crippen molar-refractivity contribution in [2.24, 2.45) is 5.92 Å². The molecule has 0 radical (unpaired) electrons. The molecule has 0 heterocycles. The van der Waals surface area contributed by atoms with Crippen molar-refractivity contribution in [3.05, 3.63) is 11.8 Å². The maximum absolute atomic E-state index is 12.2. The van der Waals surface area contributed by atoms with Crippen molar-refractivity contribution in [3.8, 4) is 0 Å². The Morgan fingerprint density at radius 2 is 2.15 bits per heavy atom. The van der Waals surface area contributed by atoms with Crippen molar-refractivity contribution in [1.82, 2.24) is 0 Å². The van der Waals surface area contributed by atoms with Gasteiger partial charge in [0.1, 0.15) is 11.4 Å². The number of hydrogen-bond donors (Lipinski definition) is 1. The van der Waals surface area contributed by atoms with Gasteiger partial charge in [-0.1, -0.05) is 0 Å². The third kappa shape index (κ3) is 1.80. The van der Waals surface area contributed by atoms with E-state index in [0.717, 1.165) is 6.08 Å². The molecule has 0 bridgehead atoms. The van der Waals surface area contributed by atoms with E-state index < -0.39 is 17.7 Å². The zero-order chi connectivity index (χ0) is 10.3. The van der Waals surface area contributed by atoms with Gasteiger partial charge in [-0.25, -0.2) is 0 Å². The van der Waals surface area contributed by atoms with Crippen molar-refractivity contribution in [2.45, 2.75) is 25.1 Å². The Bertz CT molecular complexity index is 234. The van der Waals surface area contributed by atoms with Crippen molar-refractivity contribution >= 4 is 0 Å². The summed E-state index contributed by atoms with van der Waals surface area (Å²) in [5.41, 5.74) is -1.18. The van der Waals surface area contributed by atoms with Gasteiger partial charge in [0.2, 0.25) is 0 Å². The van der Waals surface area contributed by atoms with Crippen LogP contribution in [0, 0.1) is 5.92 Å². The number of aliphatic hydroxyl groups excluding tert-OH is 1. The van der Waals surface area contributed by atoms with Crippen molar-refractivity contribution in [3.63, 3.8) is 0 Å². The standard InChI is InChI=1S/C8H11F3O2/c1-7(13-2)4-5(3-6(7)12)8(9,10)11/h3,5,12H,4H2,1-2H3. The van der Waals surface area contributed by atoms with Crippen LogP contribution in [0.1, 0.15) is 13.3 Å². The van der Waals surface area contributed by atoms with E-state index in [2.05, 4.69) is 0 Å². The van der Waals surface area contributed by atoms with Crippen LogP contribution in [0.2, 0.25) is 0 Å². The average Bonchev–Trinajstić information content (AvgIpc) is 2.29. The number of methoxy groups -OCH3 is 1. The zero-order valence-electron chi connectivity index (χ0n) is 7.35. The molecular weight excluding hydrogens is 185 g/mol. The molecule has 1 aliphatic rings. The first-order valence-electron chi connectivity index (χ1n) is 3.83. The van der Waals surface area contributed by atoms with E-state index in [9.17, 15) is 18.3 Å². The quantitative estimate of drug-likeness (QED) is 0.697. The van der Waals surface area contributed by atoms with Crippen LogP contribution in [0.25, 0.3) is 0 Å². The number of ether oxygens (including phenoxy) is 1. The molecule has 0 saturated heterocycles. The Labute approximate surface area is 74.0 Å². The molecule has 0 fully saturated rings. The highest BCUT2D eigenvalue weighted by Crippen LogP contribution is 2.43. The fraction of sp³-hybridized carbons (Fsp3) is 0.750. The summed E-state index contributed by atoms with van der Waals surface area (Å²) < 4.78 is 41.4. The zero-order valence-corrected chi connectivity index (χ0v) is 7.35. The Morgan fingerprint density at radius 3 is 2.38 bits per heavy atom. The summed E-state index contributed by atoms with van der Waals surface area (Å²) >= 11 is 0. The minimum absolute atomic E-state index is 0.251. The van der Waals surface area contributed by atoms with E-state index in [0.29, 0.717) is 0 Å². The van der Waals surface area contributed by atoms with Gasteiger partial charge in [0, 0.05) is 7.11 Å². The molecule has 76 valence electrons. The highest BCUT2D eigenvalue weighted by Gasteiger charge is 2.49. The third-order valence-corrected chi connectivity index (χ3v) is 2.38. The number of aliphatic hydroxyl groups is 1. The Morgan fingerprint density at radius 1 is 1.62 bits per heavy atom. The smallest absolute Gasteiger partial charge is 0.395 e. The molecular formula is C8H11F3O2. The topological polar surface area (TPSA) is 29.5 Å². The highest BCUT2D eigenvalue weighted by molar-refractivity contribution is 5.18. The van der Waals surface area contributed by atoms with Crippen molar-refractivity contribution in [2.75, 3.05) is 7.11 Å². The summed E-state index contributed by atoms with van der Waals surface area (Å²) in [5.74, 6) is -1.94. The lowest BCUT2D eigenvalue weighted by molar-refractivity contribution is -0.168. The summed E-state index contributed by atoms with van der Waals surface area (Å²) in [6.07, 6.45) is -3.74. The molecule has 1 aliphatic carbocycles. The first kappa shape index (κ1) is 10.4. The molecule has 1 rings (SSSR count). The van der Waals surface area contributed by atoms with E-state index in [1.54, 1.807) is 0 Å². The summed E-state index contributed by atoms with van der Waals surface area (Å²) in [6.45, 7) is 1.44.